The van der Waals surface area contributed by atoms with Gasteiger partial charge in [0.05, 0.1) is 10.9 Å². The SMILES string of the molecule is CCn1cc(C(=O)N2CCC(c3ncc[nH]3)CC2)c(=O)c2cc(F)c(F)c(F)c21. The normalized spacial score (nSPS) is 15.2. The molecule has 0 radical (unpaired) electrons. The maximum atomic E-state index is 14.3. The van der Waals surface area contributed by atoms with Crippen molar-refractivity contribution in [3.63, 3.8) is 0 Å². The Morgan fingerprint density at radius 3 is 2.59 bits per heavy atom. The minimum Gasteiger partial charge on any atom is -0.348 e. The van der Waals surface area contributed by atoms with Crippen molar-refractivity contribution in [3.8, 4) is 0 Å². The largest absolute Gasteiger partial charge is 0.348 e. The third-order valence-corrected chi connectivity index (χ3v) is 5.46. The number of fused-ring (bicyclic) bond motifs is 1. The Balaban J connectivity index is 1.69. The minimum absolute atomic E-state index is 0.179. The topological polar surface area (TPSA) is 71.0 Å². The van der Waals surface area contributed by atoms with Crippen LogP contribution in [0.3, 0.4) is 0 Å². The van der Waals surface area contributed by atoms with Crippen LogP contribution in [0, 0.1) is 17.5 Å². The van der Waals surface area contributed by atoms with E-state index in [-0.39, 0.29) is 28.9 Å². The molecule has 1 amide bonds. The molecule has 152 valence electrons. The first-order valence-electron chi connectivity index (χ1n) is 9.41. The fraction of sp³-hybridized carbons (Fsp3) is 0.350. The summed E-state index contributed by atoms with van der Waals surface area (Å²) in [6, 6.07) is 0.655. The Morgan fingerprint density at radius 2 is 1.97 bits per heavy atom. The summed E-state index contributed by atoms with van der Waals surface area (Å²) in [6.07, 6.45) is 6.02. The quantitative estimate of drug-likeness (QED) is 0.682. The summed E-state index contributed by atoms with van der Waals surface area (Å²) in [5.41, 5.74) is -1.33. The standard InChI is InChI=1S/C20H19F3N4O2/c1-2-26-10-13(18(28)12-9-14(21)15(22)16(23)17(12)26)20(29)27-7-3-11(4-8-27)19-24-5-6-25-19/h5-6,9-11H,2-4,7-8H2,1H3,(H,24,25). The average molecular weight is 404 g/mol. The van der Waals surface area contributed by atoms with Crippen molar-refractivity contribution in [2.45, 2.75) is 32.2 Å². The van der Waals surface area contributed by atoms with Gasteiger partial charge in [-0.05, 0) is 25.8 Å². The lowest BCUT2D eigenvalue weighted by atomic mass is 9.95. The van der Waals surface area contributed by atoms with Crippen LogP contribution in [0.4, 0.5) is 13.2 Å². The Labute approximate surface area is 164 Å². The van der Waals surface area contributed by atoms with E-state index in [1.165, 1.54) is 10.8 Å². The van der Waals surface area contributed by atoms with E-state index < -0.39 is 28.8 Å². The van der Waals surface area contributed by atoms with Gasteiger partial charge in [-0.1, -0.05) is 0 Å². The number of hydrogen-bond donors (Lipinski definition) is 1. The molecule has 2 aromatic heterocycles. The number of carbonyl (C=O) groups is 1. The summed E-state index contributed by atoms with van der Waals surface area (Å²) in [5, 5.41) is -0.348. The molecule has 0 aliphatic carbocycles. The molecular formula is C20H19F3N4O2. The first-order chi connectivity index (χ1) is 13.9. The number of pyridine rings is 1. The second kappa shape index (κ2) is 7.38. The number of aryl methyl sites for hydroxylation is 1. The number of halogens is 3. The number of aromatic nitrogens is 3. The highest BCUT2D eigenvalue weighted by Gasteiger charge is 2.28. The number of carbonyl (C=O) groups excluding carboxylic acids is 1. The predicted octanol–water partition coefficient (Wildman–Crippen LogP) is 3.18. The highest BCUT2D eigenvalue weighted by Crippen LogP contribution is 2.27. The van der Waals surface area contributed by atoms with Gasteiger partial charge in [-0.15, -0.1) is 0 Å². The lowest BCUT2D eigenvalue weighted by Gasteiger charge is -2.31. The lowest BCUT2D eigenvalue weighted by Crippen LogP contribution is -2.40. The Hall–Kier alpha value is -3.10. The van der Waals surface area contributed by atoms with Crippen LogP contribution in [0.25, 0.3) is 10.9 Å². The minimum atomic E-state index is -1.64. The smallest absolute Gasteiger partial charge is 0.259 e. The molecule has 0 spiro atoms. The first-order valence-corrected chi connectivity index (χ1v) is 9.41. The number of hydrogen-bond acceptors (Lipinski definition) is 3. The van der Waals surface area contributed by atoms with E-state index in [4.69, 9.17) is 0 Å². The molecule has 1 aromatic carbocycles. The molecule has 0 atom stereocenters. The van der Waals surface area contributed by atoms with Gasteiger partial charge in [0, 0.05) is 44.1 Å². The van der Waals surface area contributed by atoms with E-state index in [1.807, 2.05) is 0 Å². The van der Waals surface area contributed by atoms with E-state index in [0.29, 0.717) is 32.0 Å². The van der Waals surface area contributed by atoms with Crippen LogP contribution in [0.5, 0.6) is 0 Å². The van der Waals surface area contributed by atoms with Crippen molar-refractivity contribution in [3.05, 3.63) is 63.7 Å². The van der Waals surface area contributed by atoms with Crippen molar-refractivity contribution in [1.82, 2.24) is 19.4 Å². The van der Waals surface area contributed by atoms with Crippen molar-refractivity contribution in [2.75, 3.05) is 13.1 Å². The zero-order valence-corrected chi connectivity index (χ0v) is 15.7. The zero-order valence-electron chi connectivity index (χ0n) is 15.7. The number of amides is 1. The van der Waals surface area contributed by atoms with Crippen molar-refractivity contribution >= 4 is 16.8 Å². The van der Waals surface area contributed by atoms with Crippen molar-refractivity contribution < 1.29 is 18.0 Å². The summed E-state index contributed by atoms with van der Waals surface area (Å²) in [4.78, 5) is 34.7. The number of nitrogens with zero attached hydrogens (tertiary/aromatic N) is 3. The molecule has 0 unspecified atom stereocenters. The lowest BCUT2D eigenvalue weighted by molar-refractivity contribution is 0.0709. The molecule has 1 aliphatic rings. The van der Waals surface area contributed by atoms with Gasteiger partial charge in [0.1, 0.15) is 11.4 Å². The van der Waals surface area contributed by atoms with E-state index >= 15 is 0 Å². The first kappa shape index (κ1) is 19.2. The summed E-state index contributed by atoms with van der Waals surface area (Å²) in [6.45, 7) is 2.70. The predicted molar refractivity (Wildman–Crippen MR) is 100 cm³/mol. The van der Waals surface area contributed by atoms with Crippen LogP contribution in [-0.4, -0.2) is 38.4 Å². The van der Waals surface area contributed by atoms with Gasteiger partial charge in [-0.3, -0.25) is 9.59 Å². The molecule has 4 rings (SSSR count). The number of likely N-dealkylation sites (tertiary alicyclic amines) is 1. The summed E-state index contributed by atoms with van der Waals surface area (Å²) >= 11 is 0. The van der Waals surface area contributed by atoms with Crippen LogP contribution in [0.2, 0.25) is 0 Å². The summed E-state index contributed by atoms with van der Waals surface area (Å²) in [7, 11) is 0. The number of nitrogens with one attached hydrogen (secondary N) is 1. The van der Waals surface area contributed by atoms with E-state index in [0.717, 1.165) is 5.82 Å². The van der Waals surface area contributed by atoms with Crippen LogP contribution in [0.15, 0.2) is 29.5 Å². The Morgan fingerprint density at radius 1 is 1.24 bits per heavy atom. The van der Waals surface area contributed by atoms with Crippen molar-refractivity contribution in [1.29, 1.82) is 0 Å². The van der Waals surface area contributed by atoms with Crippen LogP contribution >= 0.6 is 0 Å². The maximum absolute atomic E-state index is 14.3. The van der Waals surface area contributed by atoms with Crippen molar-refractivity contribution in [2.24, 2.45) is 0 Å². The number of rotatable bonds is 3. The number of benzene rings is 1. The molecule has 0 saturated carbocycles. The molecule has 1 N–H and O–H groups in total. The molecule has 1 saturated heterocycles. The molecule has 0 bridgehead atoms. The zero-order chi connectivity index (χ0) is 20.7. The maximum Gasteiger partial charge on any atom is 0.259 e. The molecule has 1 aliphatic heterocycles. The van der Waals surface area contributed by atoms with E-state index in [2.05, 4.69) is 9.97 Å². The third-order valence-electron chi connectivity index (χ3n) is 5.46. The number of imidazole rings is 1. The monoisotopic (exact) mass is 404 g/mol. The molecule has 9 heteroatoms. The van der Waals surface area contributed by atoms with Gasteiger partial charge in [-0.2, -0.15) is 0 Å². The number of H-pyrrole nitrogens is 1. The molecular weight excluding hydrogens is 385 g/mol. The average Bonchev–Trinajstić information content (AvgIpc) is 3.27. The van der Waals surface area contributed by atoms with Gasteiger partial charge in [0.2, 0.25) is 5.43 Å². The number of aromatic amines is 1. The molecule has 6 nitrogen and oxygen atoms in total. The van der Waals surface area contributed by atoms with Gasteiger partial charge >= 0.3 is 0 Å². The summed E-state index contributed by atoms with van der Waals surface area (Å²) in [5.74, 6) is -3.97. The molecule has 3 aromatic rings. The van der Waals surface area contributed by atoms with Crippen LogP contribution in [-0.2, 0) is 6.54 Å². The number of piperidine rings is 1. The fourth-order valence-electron chi connectivity index (χ4n) is 3.89. The summed E-state index contributed by atoms with van der Waals surface area (Å²) < 4.78 is 42.9. The fourth-order valence-corrected chi connectivity index (χ4v) is 3.89. The van der Waals surface area contributed by atoms with Gasteiger partial charge in [0.15, 0.2) is 17.5 Å². The van der Waals surface area contributed by atoms with E-state index in [1.54, 1.807) is 24.2 Å². The second-order valence-corrected chi connectivity index (χ2v) is 7.08. The van der Waals surface area contributed by atoms with Gasteiger partial charge in [0.25, 0.3) is 5.91 Å². The third kappa shape index (κ3) is 3.20. The highest BCUT2D eigenvalue weighted by molar-refractivity contribution is 5.97. The van der Waals surface area contributed by atoms with Gasteiger partial charge in [-0.25, -0.2) is 18.2 Å². The highest BCUT2D eigenvalue weighted by atomic mass is 19.2. The Kier molecular flexibility index (Phi) is 4.89. The molecule has 1 fully saturated rings. The molecule has 3 heterocycles. The van der Waals surface area contributed by atoms with Crippen LogP contribution in [0.1, 0.15) is 41.9 Å². The second-order valence-electron chi connectivity index (χ2n) is 7.08. The van der Waals surface area contributed by atoms with Gasteiger partial charge < -0.3 is 14.5 Å². The van der Waals surface area contributed by atoms with Crippen LogP contribution < -0.4 is 5.43 Å². The Bertz CT molecular complexity index is 1130. The molecule has 29 heavy (non-hydrogen) atoms. The van der Waals surface area contributed by atoms with E-state index in [9.17, 15) is 22.8 Å².